The van der Waals surface area contributed by atoms with Gasteiger partial charge in [-0.05, 0) is 31.7 Å². The lowest BCUT2D eigenvalue weighted by atomic mass is 9.77. The molecule has 3 rings (SSSR count). The molecule has 0 unspecified atom stereocenters. The van der Waals surface area contributed by atoms with E-state index < -0.39 is 0 Å². The molecule has 94 valence electrons. The zero-order valence-electron chi connectivity index (χ0n) is 10.8. The van der Waals surface area contributed by atoms with Gasteiger partial charge in [0.25, 0.3) is 0 Å². The second-order valence-electron chi connectivity index (χ2n) is 5.44. The Labute approximate surface area is 108 Å². The summed E-state index contributed by atoms with van der Waals surface area (Å²) < 4.78 is 2.20. The van der Waals surface area contributed by atoms with Gasteiger partial charge < -0.3 is 10.3 Å². The van der Waals surface area contributed by atoms with Crippen LogP contribution in [0.1, 0.15) is 24.8 Å². The summed E-state index contributed by atoms with van der Waals surface area (Å²) in [6, 6.07) is 8.41. The van der Waals surface area contributed by atoms with Crippen LogP contribution in [0.4, 0.5) is 0 Å². The SMILES string of the molecule is Cc1ccccc1-c1cncn1CC1(N)CCC1. The first-order chi connectivity index (χ1) is 8.68. The van der Waals surface area contributed by atoms with E-state index in [4.69, 9.17) is 5.73 Å². The van der Waals surface area contributed by atoms with Gasteiger partial charge in [-0.3, -0.25) is 0 Å². The molecule has 0 saturated heterocycles. The first-order valence-corrected chi connectivity index (χ1v) is 6.53. The van der Waals surface area contributed by atoms with Crippen LogP contribution in [0.25, 0.3) is 11.3 Å². The lowest BCUT2D eigenvalue weighted by molar-refractivity contribution is 0.216. The monoisotopic (exact) mass is 241 g/mol. The fourth-order valence-electron chi connectivity index (χ4n) is 2.66. The van der Waals surface area contributed by atoms with Crippen molar-refractivity contribution in [3.05, 3.63) is 42.4 Å². The summed E-state index contributed by atoms with van der Waals surface area (Å²) in [6.45, 7) is 3.00. The Morgan fingerprint density at radius 1 is 1.33 bits per heavy atom. The van der Waals surface area contributed by atoms with Crippen LogP contribution in [-0.2, 0) is 6.54 Å². The van der Waals surface area contributed by atoms with Gasteiger partial charge in [-0.25, -0.2) is 4.98 Å². The molecule has 0 amide bonds. The zero-order chi connectivity index (χ0) is 12.6. The summed E-state index contributed by atoms with van der Waals surface area (Å²) >= 11 is 0. The lowest BCUT2D eigenvalue weighted by Gasteiger charge is -2.38. The van der Waals surface area contributed by atoms with E-state index in [0.29, 0.717) is 0 Å². The van der Waals surface area contributed by atoms with Gasteiger partial charge in [0.15, 0.2) is 0 Å². The van der Waals surface area contributed by atoms with Gasteiger partial charge in [0.1, 0.15) is 0 Å². The minimum absolute atomic E-state index is 0.0157. The fraction of sp³-hybridized carbons (Fsp3) is 0.400. The van der Waals surface area contributed by atoms with Gasteiger partial charge in [0.2, 0.25) is 0 Å². The molecule has 18 heavy (non-hydrogen) atoms. The highest BCUT2D eigenvalue weighted by atomic mass is 15.1. The maximum Gasteiger partial charge on any atom is 0.0951 e. The Kier molecular flexibility index (Phi) is 2.71. The molecule has 0 atom stereocenters. The van der Waals surface area contributed by atoms with Crippen LogP contribution in [0, 0.1) is 6.92 Å². The van der Waals surface area contributed by atoms with Gasteiger partial charge in [0, 0.05) is 17.6 Å². The number of hydrogen-bond donors (Lipinski definition) is 1. The highest BCUT2D eigenvalue weighted by Crippen LogP contribution is 2.32. The van der Waals surface area contributed by atoms with Crippen molar-refractivity contribution in [2.75, 3.05) is 0 Å². The zero-order valence-corrected chi connectivity index (χ0v) is 10.8. The van der Waals surface area contributed by atoms with E-state index in [1.807, 2.05) is 12.5 Å². The quantitative estimate of drug-likeness (QED) is 0.898. The molecule has 3 heteroatoms. The molecule has 0 radical (unpaired) electrons. The second-order valence-corrected chi connectivity index (χ2v) is 5.44. The van der Waals surface area contributed by atoms with Gasteiger partial charge in [-0.15, -0.1) is 0 Å². The molecule has 0 aliphatic heterocycles. The first kappa shape index (κ1) is 11.5. The van der Waals surface area contributed by atoms with Crippen LogP contribution in [0.5, 0.6) is 0 Å². The molecular formula is C15H19N3. The average molecular weight is 241 g/mol. The van der Waals surface area contributed by atoms with Crippen LogP contribution in [0.3, 0.4) is 0 Å². The standard InChI is InChI=1S/C15H19N3/c1-12-5-2-3-6-13(12)14-9-17-11-18(14)10-15(16)7-4-8-15/h2-3,5-6,9,11H,4,7-8,10,16H2,1H3. The van der Waals surface area contributed by atoms with E-state index in [1.54, 1.807) is 0 Å². The number of imidazole rings is 1. The molecule has 2 aromatic rings. The average Bonchev–Trinajstić information content (AvgIpc) is 2.75. The topological polar surface area (TPSA) is 43.8 Å². The van der Waals surface area contributed by atoms with Crippen molar-refractivity contribution in [3.8, 4) is 11.3 Å². The Morgan fingerprint density at radius 3 is 2.78 bits per heavy atom. The van der Waals surface area contributed by atoms with Crippen LogP contribution >= 0.6 is 0 Å². The van der Waals surface area contributed by atoms with Crippen molar-refractivity contribution < 1.29 is 0 Å². The molecule has 1 aliphatic rings. The fourth-order valence-corrected chi connectivity index (χ4v) is 2.66. The maximum absolute atomic E-state index is 6.33. The lowest BCUT2D eigenvalue weighted by Crippen LogP contribution is -2.49. The van der Waals surface area contributed by atoms with Crippen molar-refractivity contribution in [2.45, 2.75) is 38.3 Å². The largest absolute Gasteiger partial charge is 0.329 e. The van der Waals surface area contributed by atoms with Gasteiger partial charge in [-0.2, -0.15) is 0 Å². The summed E-state index contributed by atoms with van der Waals surface area (Å²) in [5.74, 6) is 0. The predicted octanol–water partition coefficient (Wildman–Crippen LogP) is 2.74. The van der Waals surface area contributed by atoms with E-state index in [-0.39, 0.29) is 5.54 Å². The molecule has 1 fully saturated rings. The Bertz CT molecular complexity index is 552. The highest BCUT2D eigenvalue weighted by Gasteiger charge is 2.33. The summed E-state index contributed by atoms with van der Waals surface area (Å²) in [5, 5.41) is 0. The minimum atomic E-state index is -0.0157. The number of nitrogens with two attached hydrogens (primary N) is 1. The minimum Gasteiger partial charge on any atom is -0.329 e. The third-order valence-corrected chi connectivity index (χ3v) is 3.97. The van der Waals surface area contributed by atoms with Crippen molar-refractivity contribution in [3.63, 3.8) is 0 Å². The van der Waals surface area contributed by atoms with Crippen LogP contribution < -0.4 is 5.73 Å². The maximum atomic E-state index is 6.33. The van der Waals surface area contributed by atoms with Crippen molar-refractivity contribution >= 4 is 0 Å². The third kappa shape index (κ3) is 1.95. The highest BCUT2D eigenvalue weighted by molar-refractivity contribution is 5.63. The van der Waals surface area contributed by atoms with Crippen molar-refractivity contribution in [2.24, 2.45) is 5.73 Å². The van der Waals surface area contributed by atoms with E-state index in [0.717, 1.165) is 19.4 Å². The number of hydrogen-bond acceptors (Lipinski definition) is 2. The van der Waals surface area contributed by atoms with Crippen molar-refractivity contribution in [1.29, 1.82) is 0 Å². The molecule has 1 saturated carbocycles. The number of rotatable bonds is 3. The van der Waals surface area contributed by atoms with E-state index in [9.17, 15) is 0 Å². The van der Waals surface area contributed by atoms with E-state index in [1.165, 1.54) is 23.2 Å². The molecule has 3 nitrogen and oxygen atoms in total. The molecule has 0 bridgehead atoms. The molecule has 0 spiro atoms. The second kappa shape index (κ2) is 4.25. The summed E-state index contributed by atoms with van der Waals surface area (Å²) in [6.07, 6.45) is 7.33. The molecule has 1 aliphatic carbocycles. The molecule has 2 N–H and O–H groups in total. The molecule has 1 aromatic heterocycles. The van der Waals surface area contributed by atoms with E-state index >= 15 is 0 Å². The number of aryl methyl sites for hydroxylation is 1. The van der Waals surface area contributed by atoms with E-state index in [2.05, 4.69) is 40.7 Å². The van der Waals surface area contributed by atoms with Gasteiger partial charge in [-0.1, -0.05) is 24.3 Å². The summed E-state index contributed by atoms with van der Waals surface area (Å²) in [4.78, 5) is 4.29. The van der Waals surface area contributed by atoms with Gasteiger partial charge >= 0.3 is 0 Å². The smallest absolute Gasteiger partial charge is 0.0951 e. The summed E-state index contributed by atoms with van der Waals surface area (Å²) in [5.41, 5.74) is 10.0. The third-order valence-electron chi connectivity index (χ3n) is 3.97. The molecular weight excluding hydrogens is 222 g/mol. The number of aromatic nitrogens is 2. The van der Waals surface area contributed by atoms with Crippen molar-refractivity contribution in [1.82, 2.24) is 9.55 Å². The normalized spacial score (nSPS) is 17.4. The molecule has 1 heterocycles. The Balaban J connectivity index is 1.94. The molecule has 1 aromatic carbocycles. The van der Waals surface area contributed by atoms with Crippen LogP contribution in [0.2, 0.25) is 0 Å². The Morgan fingerprint density at radius 2 is 2.11 bits per heavy atom. The van der Waals surface area contributed by atoms with Crippen LogP contribution in [0.15, 0.2) is 36.8 Å². The Hall–Kier alpha value is -1.61. The number of benzene rings is 1. The van der Waals surface area contributed by atoms with Crippen LogP contribution in [-0.4, -0.2) is 15.1 Å². The van der Waals surface area contributed by atoms with Gasteiger partial charge in [0.05, 0.1) is 18.2 Å². The predicted molar refractivity (Wildman–Crippen MR) is 73.2 cm³/mol. The summed E-state index contributed by atoms with van der Waals surface area (Å²) in [7, 11) is 0. The first-order valence-electron chi connectivity index (χ1n) is 6.53. The number of nitrogens with zero attached hydrogens (tertiary/aromatic N) is 2.